The van der Waals surface area contributed by atoms with Crippen LogP contribution in [0.25, 0.3) is 0 Å². The number of hydrogen-bond donors (Lipinski definition) is 1. The molecule has 1 N–H and O–H groups in total. The Balaban J connectivity index is 1.62. The minimum atomic E-state index is -0.0136. The second-order valence-corrected chi connectivity index (χ2v) is 9.82. The topological polar surface area (TPSA) is 20.2 Å². The fraction of sp³-hybridized carbons (Fsp3) is 1.00. The van der Waals surface area contributed by atoms with Crippen LogP contribution in [-0.4, -0.2) is 11.2 Å². The van der Waals surface area contributed by atoms with E-state index in [2.05, 4.69) is 20.8 Å². The third-order valence-corrected chi connectivity index (χ3v) is 9.28. The molecule has 0 aromatic rings. The highest BCUT2D eigenvalue weighted by Gasteiger charge is 2.59. The van der Waals surface area contributed by atoms with Gasteiger partial charge in [-0.15, -0.1) is 0 Å². The second-order valence-electron chi connectivity index (χ2n) is 9.82. The number of rotatable bonds is 1. The molecule has 0 aromatic heterocycles. The minimum Gasteiger partial charge on any atom is -0.393 e. The zero-order valence-electron chi connectivity index (χ0n) is 15.0. The van der Waals surface area contributed by atoms with E-state index in [1.165, 1.54) is 51.4 Å². The predicted octanol–water partition coefficient (Wildman–Crippen LogP) is 5.42. The van der Waals surface area contributed by atoms with Crippen LogP contribution in [0.15, 0.2) is 0 Å². The quantitative estimate of drug-likeness (QED) is 0.686. The maximum Gasteiger partial charge on any atom is 0.0545 e. The van der Waals surface area contributed by atoms with Crippen LogP contribution >= 0.6 is 0 Å². The summed E-state index contributed by atoms with van der Waals surface area (Å²) in [5.74, 6) is 4.77. The van der Waals surface area contributed by atoms with Crippen molar-refractivity contribution in [3.05, 3.63) is 0 Å². The van der Waals surface area contributed by atoms with Crippen molar-refractivity contribution in [2.45, 2.75) is 91.1 Å². The van der Waals surface area contributed by atoms with Gasteiger partial charge < -0.3 is 5.11 Å². The highest BCUT2D eigenvalue weighted by molar-refractivity contribution is 5.09. The van der Waals surface area contributed by atoms with E-state index in [4.69, 9.17) is 0 Å². The molecule has 22 heavy (non-hydrogen) atoms. The van der Waals surface area contributed by atoms with Crippen LogP contribution < -0.4 is 0 Å². The van der Waals surface area contributed by atoms with Gasteiger partial charge in [-0.3, -0.25) is 0 Å². The van der Waals surface area contributed by atoms with E-state index in [-0.39, 0.29) is 6.10 Å². The maximum absolute atomic E-state index is 10.3. The van der Waals surface area contributed by atoms with E-state index >= 15 is 0 Å². The van der Waals surface area contributed by atoms with Gasteiger partial charge in [-0.25, -0.2) is 0 Å². The van der Waals surface area contributed by atoms with E-state index in [9.17, 15) is 5.11 Å². The Morgan fingerprint density at radius 1 is 0.864 bits per heavy atom. The molecule has 0 aromatic carbocycles. The number of fused-ring (bicyclic) bond motifs is 5. The van der Waals surface area contributed by atoms with E-state index in [0.717, 1.165) is 42.4 Å². The highest BCUT2D eigenvalue weighted by Crippen LogP contribution is 2.67. The summed E-state index contributed by atoms with van der Waals surface area (Å²) in [6.45, 7) is 7.62. The normalized spacial score (nSPS) is 57.8. The van der Waals surface area contributed by atoms with Crippen LogP contribution in [0.5, 0.6) is 0 Å². The SMILES string of the molecule is CC[C@H]1CC[C@H]2[C@@H]3CCC4CCC(O)C[C@]4(C)[C@H]3CC[C@]12C. The van der Waals surface area contributed by atoms with Crippen LogP contribution in [0.1, 0.15) is 85.0 Å². The lowest BCUT2D eigenvalue weighted by atomic mass is 9.44. The molecule has 4 aliphatic carbocycles. The summed E-state index contributed by atoms with van der Waals surface area (Å²) in [4.78, 5) is 0. The molecule has 1 nitrogen and oxygen atoms in total. The monoisotopic (exact) mass is 304 g/mol. The van der Waals surface area contributed by atoms with Crippen molar-refractivity contribution in [3.8, 4) is 0 Å². The third kappa shape index (κ3) is 2.00. The van der Waals surface area contributed by atoms with Crippen molar-refractivity contribution in [1.29, 1.82) is 0 Å². The van der Waals surface area contributed by atoms with Gasteiger partial charge >= 0.3 is 0 Å². The summed E-state index contributed by atoms with van der Waals surface area (Å²) in [6, 6.07) is 0. The standard InChI is InChI=1S/C21H36O/c1-4-14-7-10-18-17-9-6-15-5-8-16(22)13-21(15,3)19(17)11-12-20(14,18)2/h14-19,22H,4-13H2,1-3H3/t14-,15?,16?,17-,18-,19-,20+,21-/m0/s1. The fourth-order valence-corrected chi connectivity index (χ4v) is 8.11. The summed E-state index contributed by atoms with van der Waals surface area (Å²) >= 11 is 0. The molecule has 4 aliphatic rings. The number of aliphatic hydroxyl groups is 1. The maximum atomic E-state index is 10.3. The summed E-state index contributed by atoms with van der Waals surface area (Å²) < 4.78 is 0. The first-order valence-electron chi connectivity index (χ1n) is 10.2. The first-order chi connectivity index (χ1) is 10.5. The lowest BCUT2D eigenvalue weighted by Gasteiger charge is -2.61. The van der Waals surface area contributed by atoms with Gasteiger partial charge in [0.2, 0.25) is 0 Å². The molecule has 2 unspecified atom stereocenters. The van der Waals surface area contributed by atoms with Crippen molar-refractivity contribution in [3.63, 3.8) is 0 Å². The molecule has 0 saturated heterocycles. The van der Waals surface area contributed by atoms with Crippen LogP contribution in [0, 0.1) is 40.4 Å². The van der Waals surface area contributed by atoms with Gasteiger partial charge in [0, 0.05) is 0 Å². The fourth-order valence-electron chi connectivity index (χ4n) is 8.11. The molecule has 1 heteroatoms. The Morgan fingerprint density at radius 3 is 2.36 bits per heavy atom. The van der Waals surface area contributed by atoms with Gasteiger partial charge in [-0.2, -0.15) is 0 Å². The minimum absolute atomic E-state index is 0.0136. The summed E-state index contributed by atoms with van der Waals surface area (Å²) in [5.41, 5.74) is 1.10. The smallest absolute Gasteiger partial charge is 0.0545 e. The first-order valence-corrected chi connectivity index (χ1v) is 10.2. The van der Waals surface area contributed by atoms with Crippen molar-refractivity contribution in [2.24, 2.45) is 40.4 Å². The van der Waals surface area contributed by atoms with Crippen LogP contribution in [0.2, 0.25) is 0 Å². The average molecular weight is 305 g/mol. The van der Waals surface area contributed by atoms with Gasteiger partial charge in [0.25, 0.3) is 0 Å². The molecule has 0 amide bonds. The van der Waals surface area contributed by atoms with Crippen LogP contribution in [0.3, 0.4) is 0 Å². The second kappa shape index (κ2) is 5.23. The van der Waals surface area contributed by atoms with Gasteiger partial charge in [0.15, 0.2) is 0 Å². The molecule has 4 fully saturated rings. The lowest BCUT2D eigenvalue weighted by molar-refractivity contribution is -0.130. The van der Waals surface area contributed by atoms with Crippen molar-refractivity contribution >= 4 is 0 Å². The zero-order chi connectivity index (χ0) is 15.5. The summed E-state index contributed by atoms with van der Waals surface area (Å²) in [7, 11) is 0. The lowest BCUT2D eigenvalue weighted by Crippen LogP contribution is -2.54. The molecule has 0 bridgehead atoms. The van der Waals surface area contributed by atoms with Crippen LogP contribution in [0.4, 0.5) is 0 Å². The molecule has 0 aliphatic heterocycles. The van der Waals surface area contributed by atoms with Gasteiger partial charge in [0.05, 0.1) is 6.10 Å². The largest absolute Gasteiger partial charge is 0.393 e. The van der Waals surface area contributed by atoms with E-state index < -0.39 is 0 Å². The molecular formula is C21H36O. The average Bonchev–Trinajstić information content (AvgIpc) is 2.82. The molecule has 8 atom stereocenters. The molecule has 0 heterocycles. The first kappa shape index (κ1) is 15.5. The molecule has 0 radical (unpaired) electrons. The Kier molecular flexibility index (Phi) is 3.68. The van der Waals surface area contributed by atoms with E-state index in [1.54, 1.807) is 0 Å². The van der Waals surface area contributed by atoms with Crippen LogP contribution in [-0.2, 0) is 0 Å². The molecule has 126 valence electrons. The van der Waals surface area contributed by atoms with Crippen molar-refractivity contribution in [2.75, 3.05) is 0 Å². The molecule has 4 saturated carbocycles. The highest BCUT2D eigenvalue weighted by atomic mass is 16.3. The van der Waals surface area contributed by atoms with Gasteiger partial charge in [-0.1, -0.05) is 27.2 Å². The van der Waals surface area contributed by atoms with E-state index in [0.29, 0.717) is 10.8 Å². The third-order valence-electron chi connectivity index (χ3n) is 9.28. The van der Waals surface area contributed by atoms with Gasteiger partial charge in [0.1, 0.15) is 0 Å². The Hall–Kier alpha value is -0.0400. The van der Waals surface area contributed by atoms with Gasteiger partial charge in [-0.05, 0) is 98.2 Å². The predicted molar refractivity (Wildman–Crippen MR) is 91.5 cm³/mol. The zero-order valence-corrected chi connectivity index (χ0v) is 15.0. The molecule has 0 spiro atoms. The van der Waals surface area contributed by atoms with E-state index in [1.807, 2.05) is 0 Å². The van der Waals surface area contributed by atoms with Crippen molar-refractivity contribution in [1.82, 2.24) is 0 Å². The Labute approximate surface area is 137 Å². The number of aliphatic hydroxyl groups excluding tert-OH is 1. The Morgan fingerprint density at radius 2 is 1.59 bits per heavy atom. The summed E-state index contributed by atoms with van der Waals surface area (Å²) in [6.07, 6.45) is 13.7. The Bertz CT molecular complexity index is 432. The summed E-state index contributed by atoms with van der Waals surface area (Å²) in [5, 5.41) is 10.3. The van der Waals surface area contributed by atoms with Crippen molar-refractivity contribution < 1.29 is 5.11 Å². The molecule has 4 rings (SSSR count). The number of hydrogen-bond acceptors (Lipinski definition) is 1. The molecular weight excluding hydrogens is 268 g/mol.